The fourth-order valence-corrected chi connectivity index (χ4v) is 1.38. The number of rotatable bonds is 6. The number of hydrogen-bond acceptors (Lipinski definition) is 3. The first-order valence-electron chi connectivity index (χ1n) is 5.57. The number of nitrogens with one attached hydrogen (secondary N) is 2. The predicted molar refractivity (Wildman–Crippen MR) is 63.1 cm³/mol. The molecule has 4 nitrogen and oxygen atoms in total. The lowest BCUT2D eigenvalue weighted by Crippen LogP contribution is -2.33. The van der Waals surface area contributed by atoms with E-state index in [1.807, 2.05) is 6.92 Å². The molecular formula is C12H17FN2O2. The summed E-state index contributed by atoms with van der Waals surface area (Å²) in [6.07, 6.45) is 0.892. The fourth-order valence-electron chi connectivity index (χ4n) is 1.38. The van der Waals surface area contributed by atoms with Crippen molar-refractivity contribution < 1.29 is 14.3 Å². The summed E-state index contributed by atoms with van der Waals surface area (Å²) in [6, 6.07) is 3.81. The van der Waals surface area contributed by atoms with Crippen LogP contribution < -0.4 is 10.6 Å². The van der Waals surface area contributed by atoms with Crippen LogP contribution in [0.4, 0.5) is 4.39 Å². The topological polar surface area (TPSA) is 61.4 Å². The van der Waals surface area contributed by atoms with E-state index >= 15 is 0 Å². The van der Waals surface area contributed by atoms with Crippen molar-refractivity contribution in [3.05, 3.63) is 29.6 Å². The Morgan fingerprint density at radius 3 is 2.82 bits per heavy atom. The Hall–Kier alpha value is -1.62. The highest BCUT2D eigenvalue weighted by molar-refractivity contribution is 5.77. The van der Waals surface area contributed by atoms with Crippen LogP contribution in [-0.2, 0) is 11.3 Å². The Kier molecular flexibility index (Phi) is 5.42. The van der Waals surface area contributed by atoms with Gasteiger partial charge in [0.2, 0.25) is 5.91 Å². The molecule has 0 heterocycles. The van der Waals surface area contributed by atoms with E-state index in [1.54, 1.807) is 0 Å². The second-order valence-corrected chi connectivity index (χ2v) is 3.77. The van der Waals surface area contributed by atoms with Crippen LogP contribution in [-0.4, -0.2) is 24.1 Å². The number of carbonyl (C=O) groups excluding carboxylic acids is 1. The first kappa shape index (κ1) is 13.4. The summed E-state index contributed by atoms with van der Waals surface area (Å²) in [5.74, 6) is -0.693. The summed E-state index contributed by atoms with van der Waals surface area (Å²) in [6.45, 7) is 3.15. The number of halogens is 1. The van der Waals surface area contributed by atoms with Crippen molar-refractivity contribution in [2.75, 3.05) is 13.1 Å². The van der Waals surface area contributed by atoms with Gasteiger partial charge in [0.1, 0.15) is 11.6 Å². The molecular weight excluding hydrogens is 223 g/mol. The molecule has 1 rings (SSSR count). The van der Waals surface area contributed by atoms with Crippen molar-refractivity contribution in [1.29, 1.82) is 0 Å². The molecule has 0 saturated heterocycles. The van der Waals surface area contributed by atoms with Crippen molar-refractivity contribution in [1.82, 2.24) is 10.6 Å². The van der Waals surface area contributed by atoms with Gasteiger partial charge < -0.3 is 15.7 Å². The Morgan fingerprint density at radius 2 is 2.18 bits per heavy atom. The fraction of sp³-hybridized carbons (Fsp3) is 0.417. The summed E-state index contributed by atoms with van der Waals surface area (Å²) in [5.41, 5.74) is 0.603. The van der Waals surface area contributed by atoms with Crippen LogP contribution in [0.3, 0.4) is 0 Å². The molecule has 0 aromatic heterocycles. The van der Waals surface area contributed by atoms with Gasteiger partial charge in [0.25, 0.3) is 0 Å². The number of phenolic OH excluding ortho intramolecular Hbond substituents is 1. The molecule has 1 aromatic carbocycles. The molecule has 0 aliphatic carbocycles. The third-order valence-corrected chi connectivity index (χ3v) is 2.13. The van der Waals surface area contributed by atoms with Gasteiger partial charge in [-0.1, -0.05) is 6.92 Å². The van der Waals surface area contributed by atoms with E-state index in [4.69, 9.17) is 0 Å². The Labute approximate surface area is 99.8 Å². The highest BCUT2D eigenvalue weighted by Crippen LogP contribution is 2.14. The molecule has 3 N–H and O–H groups in total. The number of hydrogen-bond donors (Lipinski definition) is 3. The van der Waals surface area contributed by atoms with Crippen molar-refractivity contribution in [3.63, 3.8) is 0 Å². The highest BCUT2D eigenvalue weighted by Gasteiger charge is 2.02. The molecule has 0 spiro atoms. The molecule has 0 bridgehead atoms. The molecule has 17 heavy (non-hydrogen) atoms. The minimum absolute atomic E-state index is 0.0903. The number of benzene rings is 1. The van der Waals surface area contributed by atoms with Gasteiger partial charge in [-0.15, -0.1) is 0 Å². The van der Waals surface area contributed by atoms with Crippen LogP contribution >= 0.6 is 0 Å². The first-order chi connectivity index (χ1) is 8.11. The second kappa shape index (κ2) is 6.85. The van der Waals surface area contributed by atoms with Crippen LogP contribution in [0.15, 0.2) is 18.2 Å². The van der Waals surface area contributed by atoms with Crippen molar-refractivity contribution in [3.8, 4) is 5.75 Å². The summed E-state index contributed by atoms with van der Waals surface area (Å²) < 4.78 is 12.9. The maximum Gasteiger partial charge on any atom is 0.233 e. The largest absolute Gasteiger partial charge is 0.508 e. The van der Waals surface area contributed by atoms with Crippen LogP contribution in [0.1, 0.15) is 18.9 Å². The predicted octanol–water partition coefficient (Wildman–Crippen LogP) is 1.15. The van der Waals surface area contributed by atoms with E-state index in [0.29, 0.717) is 18.7 Å². The van der Waals surface area contributed by atoms with Gasteiger partial charge in [-0.25, -0.2) is 4.39 Å². The molecule has 0 aliphatic rings. The zero-order chi connectivity index (χ0) is 12.7. The SMILES string of the molecule is CCCNC(=O)CNCc1cc(O)cc(F)c1. The van der Waals surface area contributed by atoms with Crippen LogP contribution in [0.5, 0.6) is 5.75 Å². The minimum atomic E-state index is -0.489. The highest BCUT2D eigenvalue weighted by atomic mass is 19.1. The van der Waals surface area contributed by atoms with Gasteiger partial charge in [-0.05, 0) is 24.1 Å². The lowest BCUT2D eigenvalue weighted by molar-refractivity contribution is -0.120. The third-order valence-electron chi connectivity index (χ3n) is 2.13. The normalized spacial score (nSPS) is 10.2. The van der Waals surface area contributed by atoms with Gasteiger partial charge in [-0.2, -0.15) is 0 Å². The number of phenols is 1. The van der Waals surface area contributed by atoms with E-state index in [9.17, 15) is 14.3 Å². The van der Waals surface area contributed by atoms with E-state index in [2.05, 4.69) is 10.6 Å². The molecule has 0 unspecified atom stereocenters. The van der Waals surface area contributed by atoms with Gasteiger partial charge in [0.05, 0.1) is 6.54 Å². The molecule has 0 aliphatic heterocycles. The second-order valence-electron chi connectivity index (χ2n) is 3.77. The summed E-state index contributed by atoms with van der Waals surface area (Å²) >= 11 is 0. The zero-order valence-corrected chi connectivity index (χ0v) is 9.79. The molecule has 5 heteroatoms. The van der Waals surface area contributed by atoms with E-state index in [0.717, 1.165) is 12.5 Å². The van der Waals surface area contributed by atoms with E-state index < -0.39 is 5.82 Å². The third kappa shape index (κ3) is 5.31. The van der Waals surface area contributed by atoms with E-state index in [1.165, 1.54) is 12.1 Å². The van der Waals surface area contributed by atoms with Gasteiger partial charge in [0.15, 0.2) is 0 Å². The smallest absolute Gasteiger partial charge is 0.233 e. The quantitative estimate of drug-likeness (QED) is 0.699. The molecule has 0 radical (unpaired) electrons. The Bertz CT molecular complexity index is 363. The van der Waals surface area contributed by atoms with Crippen molar-refractivity contribution in [2.45, 2.75) is 19.9 Å². The Morgan fingerprint density at radius 1 is 1.41 bits per heavy atom. The summed E-state index contributed by atoms with van der Waals surface area (Å²) in [4.78, 5) is 11.2. The lowest BCUT2D eigenvalue weighted by atomic mass is 10.2. The molecule has 1 aromatic rings. The lowest BCUT2D eigenvalue weighted by Gasteiger charge is -2.06. The maximum atomic E-state index is 12.9. The monoisotopic (exact) mass is 240 g/mol. The van der Waals surface area contributed by atoms with Crippen LogP contribution in [0.2, 0.25) is 0 Å². The van der Waals surface area contributed by atoms with Crippen LogP contribution in [0.25, 0.3) is 0 Å². The van der Waals surface area contributed by atoms with Crippen molar-refractivity contribution >= 4 is 5.91 Å². The summed E-state index contributed by atoms with van der Waals surface area (Å²) in [5, 5.41) is 14.8. The number of carbonyl (C=O) groups is 1. The standard InChI is InChI=1S/C12H17FN2O2/c1-2-3-15-12(17)8-14-7-9-4-10(13)6-11(16)5-9/h4-6,14,16H,2-3,7-8H2,1H3,(H,15,17). The maximum absolute atomic E-state index is 12.9. The molecule has 0 atom stereocenters. The molecule has 0 fully saturated rings. The average molecular weight is 240 g/mol. The molecule has 1 amide bonds. The molecule has 94 valence electrons. The number of amides is 1. The minimum Gasteiger partial charge on any atom is -0.508 e. The van der Waals surface area contributed by atoms with E-state index in [-0.39, 0.29) is 18.2 Å². The van der Waals surface area contributed by atoms with Gasteiger partial charge in [-0.3, -0.25) is 4.79 Å². The summed E-state index contributed by atoms with van der Waals surface area (Å²) in [7, 11) is 0. The zero-order valence-electron chi connectivity index (χ0n) is 9.79. The van der Waals surface area contributed by atoms with Gasteiger partial charge >= 0.3 is 0 Å². The van der Waals surface area contributed by atoms with Gasteiger partial charge in [0, 0.05) is 19.2 Å². The van der Waals surface area contributed by atoms with Crippen molar-refractivity contribution in [2.24, 2.45) is 0 Å². The average Bonchev–Trinajstić information content (AvgIpc) is 2.25. The van der Waals surface area contributed by atoms with Crippen LogP contribution in [0, 0.1) is 5.82 Å². The number of aromatic hydroxyl groups is 1. The molecule has 0 saturated carbocycles. The first-order valence-corrected chi connectivity index (χ1v) is 5.57. The Balaban J connectivity index is 2.33.